The van der Waals surface area contributed by atoms with E-state index in [9.17, 15) is 9.59 Å². The summed E-state index contributed by atoms with van der Waals surface area (Å²) >= 11 is 0. The van der Waals surface area contributed by atoms with Crippen molar-refractivity contribution in [3.8, 4) is 0 Å². The van der Waals surface area contributed by atoms with E-state index in [0.717, 1.165) is 5.56 Å². The zero-order valence-electron chi connectivity index (χ0n) is 14.6. The van der Waals surface area contributed by atoms with Crippen LogP contribution in [0.1, 0.15) is 21.9 Å². The first-order valence-electron chi connectivity index (χ1n) is 8.67. The van der Waals surface area contributed by atoms with E-state index in [1.165, 1.54) is 12.5 Å². The third-order valence-corrected chi connectivity index (χ3v) is 4.56. The zero-order chi connectivity index (χ0) is 18.6. The lowest BCUT2D eigenvalue weighted by atomic mass is 10.1. The zero-order valence-corrected chi connectivity index (χ0v) is 14.6. The van der Waals surface area contributed by atoms with Crippen molar-refractivity contribution in [2.24, 2.45) is 5.92 Å². The third-order valence-electron chi connectivity index (χ3n) is 4.56. The van der Waals surface area contributed by atoms with Gasteiger partial charge in [-0.05, 0) is 11.6 Å². The molecule has 2 amide bonds. The van der Waals surface area contributed by atoms with Gasteiger partial charge in [0.25, 0.3) is 5.91 Å². The molecule has 1 aliphatic rings. The van der Waals surface area contributed by atoms with Crippen LogP contribution in [0.5, 0.6) is 0 Å². The molecule has 9 nitrogen and oxygen atoms in total. The van der Waals surface area contributed by atoms with Crippen molar-refractivity contribution >= 4 is 11.8 Å². The molecule has 4 rings (SSSR count). The minimum absolute atomic E-state index is 0.121. The quantitative estimate of drug-likeness (QED) is 0.703. The van der Waals surface area contributed by atoms with Crippen molar-refractivity contribution in [3.63, 3.8) is 0 Å². The monoisotopic (exact) mass is 365 g/mol. The Hall–Kier alpha value is -3.49. The first-order valence-corrected chi connectivity index (χ1v) is 8.67. The number of aromatic nitrogens is 5. The van der Waals surface area contributed by atoms with Gasteiger partial charge in [-0.25, -0.2) is 9.67 Å². The summed E-state index contributed by atoms with van der Waals surface area (Å²) in [6, 6.07) is 11.3. The van der Waals surface area contributed by atoms with Gasteiger partial charge in [0, 0.05) is 19.3 Å². The molecule has 0 saturated heterocycles. The standard InChI is InChI=1S/C18H19N7O2/c26-17(19-8-13-4-2-1-3-5-13)14-9-24(18(27)15-6-7-21-23-15)11-16-20-12-22-25(16)10-14/h1-7,12,14H,8-11H2,(H,19,26)(H,21,23). The van der Waals surface area contributed by atoms with Gasteiger partial charge in [-0.1, -0.05) is 30.3 Å². The lowest BCUT2D eigenvalue weighted by Crippen LogP contribution is -2.41. The van der Waals surface area contributed by atoms with Crippen molar-refractivity contribution in [2.45, 2.75) is 19.6 Å². The summed E-state index contributed by atoms with van der Waals surface area (Å²) in [5.41, 5.74) is 1.40. The normalized spacial score (nSPS) is 16.4. The van der Waals surface area contributed by atoms with Crippen molar-refractivity contribution in [2.75, 3.05) is 6.54 Å². The minimum atomic E-state index is -0.427. The predicted molar refractivity (Wildman–Crippen MR) is 95.1 cm³/mol. The molecule has 1 unspecified atom stereocenters. The average molecular weight is 365 g/mol. The highest BCUT2D eigenvalue weighted by atomic mass is 16.2. The van der Waals surface area contributed by atoms with Crippen LogP contribution in [0.25, 0.3) is 0 Å². The van der Waals surface area contributed by atoms with Crippen molar-refractivity contribution in [3.05, 3.63) is 66.0 Å². The Balaban J connectivity index is 1.51. The molecule has 3 aromatic rings. The number of fused-ring (bicyclic) bond motifs is 1. The summed E-state index contributed by atoms with van der Waals surface area (Å²) in [5.74, 6) is -0.112. The van der Waals surface area contributed by atoms with Crippen LogP contribution in [-0.4, -0.2) is 48.2 Å². The van der Waals surface area contributed by atoms with Crippen molar-refractivity contribution < 1.29 is 9.59 Å². The summed E-state index contributed by atoms with van der Waals surface area (Å²) in [7, 11) is 0. The Morgan fingerprint density at radius 2 is 2.04 bits per heavy atom. The number of benzene rings is 1. The van der Waals surface area contributed by atoms with Crippen LogP contribution in [0, 0.1) is 5.92 Å². The molecule has 0 saturated carbocycles. The van der Waals surface area contributed by atoms with Gasteiger partial charge in [-0.2, -0.15) is 10.2 Å². The number of hydrogen-bond donors (Lipinski definition) is 2. The summed E-state index contributed by atoms with van der Waals surface area (Å²) in [4.78, 5) is 31.4. The van der Waals surface area contributed by atoms with Gasteiger partial charge in [0.1, 0.15) is 17.8 Å². The molecular weight excluding hydrogens is 346 g/mol. The Kier molecular flexibility index (Phi) is 4.65. The number of amides is 2. The first kappa shape index (κ1) is 17.0. The second-order valence-corrected chi connectivity index (χ2v) is 6.41. The maximum Gasteiger partial charge on any atom is 0.272 e. The van der Waals surface area contributed by atoms with E-state index in [1.807, 2.05) is 30.3 Å². The highest BCUT2D eigenvalue weighted by Crippen LogP contribution is 2.17. The fraction of sp³-hybridized carbons (Fsp3) is 0.278. The fourth-order valence-electron chi connectivity index (χ4n) is 3.13. The lowest BCUT2D eigenvalue weighted by molar-refractivity contribution is -0.126. The molecule has 2 N–H and O–H groups in total. The van der Waals surface area contributed by atoms with Gasteiger partial charge in [-0.15, -0.1) is 0 Å². The predicted octanol–water partition coefficient (Wildman–Crippen LogP) is 0.590. The maximum atomic E-state index is 12.8. The first-order chi connectivity index (χ1) is 13.2. The number of rotatable bonds is 4. The van der Waals surface area contributed by atoms with E-state index in [2.05, 4.69) is 25.6 Å². The topological polar surface area (TPSA) is 109 Å². The number of H-pyrrole nitrogens is 1. The Bertz CT molecular complexity index is 920. The average Bonchev–Trinajstić information content (AvgIpc) is 3.35. The van der Waals surface area contributed by atoms with Crippen LogP contribution >= 0.6 is 0 Å². The van der Waals surface area contributed by atoms with E-state index in [1.54, 1.807) is 15.6 Å². The minimum Gasteiger partial charge on any atom is -0.352 e. The van der Waals surface area contributed by atoms with E-state index in [0.29, 0.717) is 31.2 Å². The number of aromatic amines is 1. The van der Waals surface area contributed by atoms with E-state index >= 15 is 0 Å². The molecule has 0 fully saturated rings. The highest BCUT2D eigenvalue weighted by Gasteiger charge is 2.31. The van der Waals surface area contributed by atoms with Crippen LogP contribution in [0.15, 0.2) is 48.9 Å². The second-order valence-electron chi connectivity index (χ2n) is 6.41. The Morgan fingerprint density at radius 3 is 2.81 bits per heavy atom. The Labute approximate surface area is 155 Å². The number of carbonyl (C=O) groups is 2. The summed E-state index contributed by atoms with van der Waals surface area (Å²) < 4.78 is 1.69. The van der Waals surface area contributed by atoms with E-state index in [-0.39, 0.29) is 18.4 Å². The van der Waals surface area contributed by atoms with E-state index < -0.39 is 5.92 Å². The number of hydrogen-bond acceptors (Lipinski definition) is 5. The van der Waals surface area contributed by atoms with E-state index in [4.69, 9.17) is 0 Å². The van der Waals surface area contributed by atoms with Gasteiger partial charge in [-0.3, -0.25) is 14.7 Å². The smallest absolute Gasteiger partial charge is 0.272 e. The largest absolute Gasteiger partial charge is 0.352 e. The molecule has 0 bridgehead atoms. The van der Waals surface area contributed by atoms with Crippen LogP contribution in [0.2, 0.25) is 0 Å². The van der Waals surface area contributed by atoms with Gasteiger partial charge >= 0.3 is 0 Å². The molecule has 9 heteroatoms. The summed E-state index contributed by atoms with van der Waals surface area (Å²) in [6.45, 7) is 1.39. The third kappa shape index (κ3) is 3.71. The highest BCUT2D eigenvalue weighted by molar-refractivity contribution is 5.92. The van der Waals surface area contributed by atoms with Gasteiger partial charge < -0.3 is 10.2 Å². The SMILES string of the molecule is O=C(NCc1ccccc1)C1CN(C(=O)c2ccn[nH]2)Cc2ncnn2C1. The summed E-state index contributed by atoms with van der Waals surface area (Å²) in [5, 5.41) is 13.7. The molecule has 0 aliphatic carbocycles. The molecular formula is C18H19N7O2. The van der Waals surface area contributed by atoms with Gasteiger partial charge in [0.15, 0.2) is 0 Å². The molecule has 0 radical (unpaired) electrons. The van der Waals surface area contributed by atoms with Gasteiger partial charge in [0.05, 0.1) is 19.0 Å². The van der Waals surface area contributed by atoms with Crippen LogP contribution in [-0.2, 0) is 24.4 Å². The molecule has 1 aliphatic heterocycles. The Morgan fingerprint density at radius 1 is 1.19 bits per heavy atom. The fourth-order valence-corrected chi connectivity index (χ4v) is 3.13. The second kappa shape index (κ2) is 7.40. The number of carbonyl (C=O) groups excluding carboxylic acids is 2. The molecule has 27 heavy (non-hydrogen) atoms. The van der Waals surface area contributed by atoms with Crippen LogP contribution < -0.4 is 5.32 Å². The molecule has 3 heterocycles. The van der Waals surface area contributed by atoms with Crippen molar-refractivity contribution in [1.29, 1.82) is 0 Å². The number of nitrogens with zero attached hydrogens (tertiary/aromatic N) is 5. The molecule has 1 atom stereocenters. The van der Waals surface area contributed by atoms with Crippen LogP contribution in [0.3, 0.4) is 0 Å². The lowest BCUT2D eigenvalue weighted by Gasteiger charge is -2.23. The molecule has 138 valence electrons. The molecule has 1 aromatic carbocycles. The molecule has 0 spiro atoms. The van der Waals surface area contributed by atoms with Gasteiger partial charge in [0.2, 0.25) is 5.91 Å². The van der Waals surface area contributed by atoms with Crippen molar-refractivity contribution in [1.82, 2.24) is 35.2 Å². The van der Waals surface area contributed by atoms with Crippen LogP contribution in [0.4, 0.5) is 0 Å². The maximum absolute atomic E-state index is 12.8. The summed E-state index contributed by atoms with van der Waals surface area (Å²) in [6.07, 6.45) is 2.97. The number of nitrogens with one attached hydrogen (secondary N) is 2. The molecule has 2 aromatic heterocycles.